The maximum Gasteiger partial charge on any atom is 0.240 e. The molecule has 0 aliphatic heterocycles. The number of carbonyl (C=O) groups is 1. The second-order valence-corrected chi connectivity index (χ2v) is 5.10. The molecule has 0 saturated heterocycles. The first kappa shape index (κ1) is 16.2. The molecule has 0 saturated carbocycles. The minimum absolute atomic E-state index is 0.291. The molecule has 1 rings (SSSR count). The van der Waals surface area contributed by atoms with E-state index in [9.17, 15) is 14.4 Å². The molecule has 1 unspecified atom stereocenters. The van der Waals surface area contributed by atoms with Crippen LogP contribution in [0.4, 0.5) is 4.39 Å². The molecule has 1 atom stereocenters. The van der Waals surface area contributed by atoms with Gasteiger partial charge in [0.1, 0.15) is 11.2 Å². The minimum atomic E-state index is -1.00. The van der Waals surface area contributed by atoms with Crippen molar-refractivity contribution < 1.29 is 9.18 Å². The van der Waals surface area contributed by atoms with E-state index in [1.165, 1.54) is 6.07 Å². The van der Waals surface area contributed by atoms with Crippen LogP contribution in [0.5, 0.6) is 0 Å². The predicted molar refractivity (Wildman–Crippen MR) is 76.3 cm³/mol. The Balaban J connectivity index is 2.90. The standard InChI is InChI=1S/C16H21FN2O/c1-5-16(6-2,10-18)15(20)19-12(4)13-8-7-11(3)14(17)9-13/h7-9,12H,5-6H2,1-4H3,(H,19,20). The summed E-state index contributed by atoms with van der Waals surface area (Å²) in [6.45, 7) is 7.12. The van der Waals surface area contributed by atoms with E-state index in [1.54, 1.807) is 26.0 Å². The largest absolute Gasteiger partial charge is 0.348 e. The number of hydrogen-bond acceptors (Lipinski definition) is 2. The van der Waals surface area contributed by atoms with Gasteiger partial charge in [-0.3, -0.25) is 4.79 Å². The zero-order valence-corrected chi connectivity index (χ0v) is 12.5. The number of benzene rings is 1. The van der Waals surface area contributed by atoms with Gasteiger partial charge in [-0.25, -0.2) is 4.39 Å². The molecule has 1 amide bonds. The smallest absolute Gasteiger partial charge is 0.240 e. The quantitative estimate of drug-likeness (QED) is 0.892. The highest BCUT2D eigenvalue weighted by molar-refractivity contribution is 5.85. The Morgan fingerprint density at radius 1 is 1.45 bits per heavy atom. The van der Waals surface area contributed by atoms with Crippen molar-refractivity contribution in [3.05, 3.63) is 35.1 Å². The first-order valence-electron chi connectivity index (χ1n) is 6.88. The second kappa shape index (κ2) is 6.51. The summed E-state index contributed by atoms with van der Waals surface area (Å²) in [5.74, 6) is -0.584. The van der Waals surface area contributed by atoms with E-state index < -0.39 is 5.41 Å². The predicted octanol–water partition coefficient (Wildman–Crippen LogP) is 3.64. The lowest BCUT2D eigenvalue weighted by Gasteiger charge is -2.25. The van der Waals surface area contributed by atoms with Crippen molar-refractivity contribution >= 4 is 5.91 Å². The Bertz CT molecular complexity index is 530. The van der Waals surface area contributed by atoms with Crippen LogP contribution in [0.15, 0.2) is 18.2 Å². The molecule has 1 N–H and O–H groups in total. The van der Waals surface area contributed by atoms with E-state index in [1.807, 2.05) is 13.8 Å². The average molecular weight is 276 g/mol. The molecular weight excluding hydrogens is 255 g/mol. The number of carbonyl (C=O) groups excluding carboxylic acids is 1. The molecule has 1 aromatic rings. The lowest BCUT2D eigenvalue weighted by atomic mass is 9.82. The summed E-state index contributed by atoms with van der Waals surface area (Å²) in [6.07, 6.45) is 0.918. The normalized spacial score (nSPS) is 12.6. The van der Waals surface area contributed by atoms with E-state index in [4.69, 9.17) is 0 Å². The van der Waals surface area contributed by atoms with Crippen LogP contribution in [-0.2, 0) is 4.79 Å². The van der Waals surface area contributed by atoms with E-state index in [-0.39, 0.29) is 17.8 Å². The van der Waals surface area contributed by atoms with Crippen LogP contribution in [0.1, 0.15) is 50.8 Å². The molecule has 0 aromatic heterocycles. The molecule has 4 heteroatoms. The molecule has 0 radical (unpaired) electrons. The third-order valence-corrected chi connectivity index (χ3v) is 3.90. The first-order chi connectivity index (χ1) is 9.40. The van der Waals surface area contributed by atoms with Crippen molar-refractivity contribution in [2.45, 2.75) is 46.6 Å². The topological polar surface area (TPSA) is 52.9 Å². The van der Waals surface area contributed by atoms with Gasteiger partial charge in [-0.1, -0.05) is 26.0 Å². The monoisotopic (exact) mass is 276 g/mol. The highest BCUT2D eigenvalue weighted by atomic mass is 19.1. The van der Waals surface area contributed by atoms with Crippen LogP contribution in [-0.4, -0.2) is 5.91 Å². The van der Waals surface area contributed by atoms with Crippen molar-refractivity contribution in [1.29, 1.82) is 5.26 Å². The molecule has 0 aliphatic carbocycles. The highest BCUT2D eigenvalue weighted by Crippen LogP contribution is 2.27. The first-order valence-corrected chi connectivity index (χ1v) is 6.88. The molecule has 0 aliphatic rings. The number of nitriles is 1. The van der Waals surface area contributed by atoms with Crippen LogP contribution in [0.3, 0.4) is 0 Å². The van der Waals surface area contributed by atoms with Gasteiger partial charge in [0.2, 0.25) is 5.91 Å². The minimum Gasteiger partial charge on any atom is -0.348 e. The lowest BCUT2D eigenvalue weighted by molar-refractivity contribution is -0.129. The van der Waals surface area contributed by atoms with Crippen LogP contribution in [0.25, 0.3) is 0 Å². The number of aryl methyl sites for hydroxylation is 1. The van der Waals surface area contributed by atoms with Gasteiger partial charge in [0, 0.05) is 0 Å². The fourth-order valence-electron chi connectivity index (χ4n) is 2.08. The third-order valence-electron chi connectivity index (χ3n) is 3.90. The molecule has 108 valence electrons. The SMILES string of the molecule is CCC(C#N)(CC)C(=O)NC(C)c1ccc(C)c(F)c1. The summed E-state index contributed by atoms with van der Waals surface area (Å²) in [5.41, 5.74) is 0.263. The van der Waals surface area contributed by atoms with Gasteiger partial charge >= 0.3 is 0 Å². The fraction of sp³-hybridized carbons (Fsp3) is 0.500. The van der Waals surface area contributed by atoms with Crippen molar-refractivity contribution in [3.8, 4) is 6.07 Å². The van der Waals surface area contributed by atoms with Gasteiger partial charge in [-0.15, -0.1) is 0 Å². The summed E-state index contributed by atoms with van der Waals surface area (Å²) >= 11 is 0. The lowest BCUT2D eigenvalue weighted by Crippen LogP contribution is -2.40. The molecule has 0 bridgehead atoms. The number of hydrogen-bond donors (Lipinski definition) is 1. The molecule has 20 heavy (non-hydrogen) atoms. The van der Waals surface area contributed by atoms with Gasteiger partial charge in [-0.05, 0) is 43.9 Å². The van der Waals surface area contributed by atoms with E-state index in [0.717, 1.165) is 0 Å². The Kier molecular flexibility index (Phi) is 5.26. The van der Waals surface area contributed by atoms with Gasteiger partial charge in [0.05, 0.1) is 12.1 Å². The second-order valence-electron chi connectivity index (χ2n) is 5.10. The van der Waals surface area contributed by atoms with Crippen molar-refractivity contribution in [2.24, 2.45) is 5.41 Å². The third kappa shape index (κ3) is 3.16. The Hall–Kier alpha value is -1.89. The Morgan fingerprint density at radius 3 is 2.50 bits per heavy atom. The van der Waals surface area contributed by atoms with Crippen molar-refractivity contribution in [2.75, 3.05) is 0 Å². The van der Waals surface area contributed by atoms with Crippen molar-refractivity contribution in [3.63, 3.8) is 0 Å². The molecule has 0 fully saturated rings. The summed E-state index contributed by atoms with van der Waals surface area (Å²) < 4.78 is 13.5. The number of halogens is 1. The highest BCUT2D eigenvalue weighted by Gasteiger charge is 2.35. The van der Waals surface area contributed by atoms with Crippen molar-refractivity contribution in [1.82, 2.24) is 5.32 Å². The van der Waals surface area contributed by atoms with E-state index in [0.29, 0.717) is 24.0 Å². The Morgan fingerprint density at radius 2 is 2.05 bits per heavy atom. The van der Waals surface area contributed by atoms with E-state index in [2.05, 4.69) is 11.4 Å². The molecule has 1 aromatic carbocycles. The van der Waals surface area contributed by atoms with Gasteiger partial charge in [0.25, 0.3) is 0 Å². The van der Waals surface area contributed by atoms with Crippen LogP contribution in [0.2, 0.25) is 0 Å². The summed E-state index contributed by atoms with van der Waals surface area (Å²) in [7, 11) is 0. The van der Waals surface area contributed by atoms with Gasteiger partial charge < -0.3 is 5.32 Å². The fourth-order valence-corrected chi connectivity index (χ4v) is 2.08. The zero-order chi connectivity index (χ0) is 15.3. The van der Waals surface area contributed by atoms with Crippen LogP contribution in [0, 0.1) is 29.5 Å². The van der Waals surface area contributed by atoms with Gasteiger partial charge in [-0.2, -0.15) is 5.26 Å². The van der Waals surface area contributed by atoms with Gasteiger partial charge in [0.15, 0.2) is 0 Å². The van der Waals surface area contributed by atoms with E-state index >= 15 is 0 Å². The molecule has 0 spiro atoms. The number of nitrogens with zero attached hydrogens (tertiary/aromatic N) is 1. The molecule has 0 heterocycles. The molecular formula is C16H21FN2O. The maximum atomic E-state index is 13.5. The zero-order valence-electron chi connectivity index (χ0n) is 12.5. The number of amides is 1. The molecule has 3 nitrogen and oxygen atoms in total. The summed E-state index contributed by atoms with van der Waals surface area (Å²) in [6, 6.07) is 6.67. The number of nitrogens with one attached hydrogen (secondary N) is 1. The summed E-state index contributed by atoms with van der Waals surface area (Å²) in [4.78, 5) is 12.3. The van der Waals surface area contributed by atoms with Crippen LogP contribution >= 0.6 is 0 Å². The number of rotatable bonds is 5. The average Bonchev–Trinajstić information content (AvgIpc) is 2.44. The summed E-state index contributed by atoms with van der Waals surface area (Å²) in [5, 5.41) is 12.0. The Labute approximate surface area is 119 Å². The van der Waals surface area contributed by atoms with Crippen LogP contribution < -0.4 is 5.32 Å². The maximum absolute atomic E-state index is 13.5.